The van der Waals surface area contributed by atoms with Gasteiger partial charge in [-0.2, -0.15) is 0 Å². The zero-order valence-electron chi connectivity index (χ0n) is 34.2. The van der Waals surface area contributed by atoms with Crippen LogP contribution in [0.3, 0.4) is 0 Å². The van der Waals surface area contributed by atoms with Crippen molar-refractivity contribution in [2.24, 2.45) is 0 Å². The van der Waals surface area contributed by atoms with Gasteiger partial charge in [0.2, 0.25) is 11.4 Å². The van der Waals surface area contributed by atoms with Crippen molar-refractivity contribution in [3.63, 3.8) is 0 Å². The Balaban J connectivity index is 0.000000880. The fraction of sp³-hybridized carbons (Fsp3) is 0.667. The summed E-state index contributed by atoms with van der Waals surface area (Å²) >= 11 is 1.94. The Kier molecular flexibility index (Phi) is 26.1. The van der Waals surface area contributed by atoms with E-state index < -0.39 is 0 Å². The molecule has 290 valence electrons. The number of rotatable bonds is 28. The summed E-state index contributed by atoms with van der Waals surface area (Å²) in [6.45, 7) is 13.6. The molecule has 0 amide bonds. The molecule has 1 heterocycles. The molecule has 3 rings (SSSR count). The van der Waals surface area contributed by atoms with Crippen molar-refractivity contribution in [3.8, 4) is 0 Å². The molecule has 0 aromatic heterocycles. The van der Waals surface area contributed by atoms with Gasteiger partial charge in [0.25, 0.3) is 0 Å². The minimum absolute atomic E-state index is 1.02. The van der Waals surface area contributed by atoms with Crippen LogP contribution in [-0.2, 0) is 27.3 Å². The third-order valence-electron chi connectivity index (χ3n) is 10.1. The van der Waals surface area contributed by atoms with Crippen LogP contribution in [0.2, 0.25) is 10.8 Å². The predicted molar refractivity (Wildman–Crippen MR) is 223 cm³/mol. The number of hydrogen-bond donors (Lipinski definition) is 0. The molecule has 0 radical (unpaired) electrons. The second-order valence-corrected chi connectivity index (χ2v) is 16.3. The molecular weight excluding hydrogens is 663 g/mol. The Hall–Kier alpha value is -1.99. The molecule has 0 aliphatic carbocycles. The first-order valence-corrected chi connectivity index (χ1v) is 23.0. The molecule has 2 nitrogen and oxygen atoms in total. The van der Waals surface area contributed by atoms with Gasteiger partial charge in [-0.05, 0) is 86.8 Å². The van der Waals surface area contributed by atoms with Crippen LogP contribution in [0.4, 0.5) is 0 Å². The second kappa shape index (κ2) is 29.5. The van der Waals surface area contributed by atoms with E-state index in [1.807, 2.05) is 14.4 Å². The third kappa shape index (κ3) is 17.6. The molecule has 1 aliphatic heterocycles. The number of aryl methyl sites for hydroxylation is 2. The van der Waals surface area contributed by atoms with E-state index in [0.29, 0.717) is 0 Å². The van der Waals surface area contributed by atoms with Crippen LogP contribution in [0.1, 0.15) is 205 Å². The van der Waals surface area contributed by atoms with Gasteiger partial charge in [0.1, 0.15) is 0 Å². The fourth-order valence-electron chi connectivity index (χ4n) is 6.88. The van der Waals surface area contributed by atoms with Gasteiger partial charge in [0.05, 0.1) is 0 Å². The molecule has 2 aromatic carbocycles. The molecule has 0 saturated carbocycles. The van der Waals surface area contributed by atoms with Crippen LogP contribution in [0.25, 0.3) is 16.9 Å². The second-order valence-electron chi connectivity index (χ2n) is 14.8. The van der Waals surface area contributed by atoms with E-state index in [9.17, 15) is 5.53 Å². The van der Waals surface area contributed by atoms with Crippen molar-refractivity contribution in [1.29, 1.82) is 0 Å². The summed E-state index contributed by atoms with van der Waals surface area (Å²) < 4.78 is 1.57. The standard InChI is InChI=1S/C40H60N2.2C4H9.Ni/c1-5-9-13-15-17-19-23-33-28-30-35(31-29-33)39-37(26-12-8-4)38(27-20-18-16-14-10-6-2)40(42(39)41)36-25-21-24-34(32-36)22-11-7-3;2*1-3-4-2;/h21,24-25,28-32H,5-20,22-23,26-27H2,1-4H3;2*1,3-4H2,2H3;. The Bertz CT molecular complexity index is 1250. The molecule has 3 heteroatoms. The monoisotopic (exact) mass is 741 g/mol. The van der Waals surface area contributed by atoms with E-state index in [2.05, 4.69) is 90.1 Å². The summed E-state index contributed by atoms with van der Waals surface area (Å²) in [4.78, 5) is 0. The molecule has 0 atom stereocenters. The van der Waals surface area contributed by atoms with Crippen molar-refractivity contribution in [2.75, 3.05) is 0 Å². The van der Waals surface area contributed by atoms with E-state index in [-0.39, 0.29) is 0 Å². The summed E-state index contributed by atoms with van der Waals surface area (Å²) in [5.41, 5.74) is 21.8. The Morgan fingerprint density at radius 1 is 0.431 bits per heavy atom. The maximum atomic E-state index is 12.0. The quantitative estimate of drug-likeness (QED) is 0.0471. The zero-order valence-corrected chi connectivity index (χ0v) is 35.2. The Morgan fingerprint density at radius 2 is 0.882 bits per heavy atom. The molecule has 1 aliphatic rings. The summed E-state index contributed by atoms with van der Waals surface area (Å²) in [5.74, 6) is 0. The van der Waals surface area contributed by atoms with Gasteiger partial charge in [-0.15, -0.1) is 0 Å². The average Bonchev–Trinajstić information content (AvgIpc) is 3.43. The molecule has 0 fully saturated rings. The average molecular weight is 742 g/mol. The minimum atomic E-state index is 1.02. The van der Waals surface area contributed by atoms with Crippen molar-refractivity contribution in [3.05, 3.63) is 87.5 Å². The molecule has 0 N–H and O–H groups in total. The van der Waals surface area contributed by atoms with Gasteiger partial charge in [-0.3, -0.25) is 0 Å². The number of allylic oxidation sites excluding steroid dienone is 2. The summed E-state index contributed by atoms with van der Waals surface area (Å²) in [6, 6.07) is 18.1. The fourth-order valence-corrected chi connectivity index (χ4v) is 8.31. The van der Waals surface area contributed by atoms with Crippen molar-refractivity contribution < 1.29 is 19.1 Å². The van der Waals surface area contributed by atoms with E-state index in [4.69, 9.17) is 0 Å². The molecular formula is C48H78N2Ni. The summed E-state index contributed by atoms with van der Waals surface area (Å²) in [6.07, 6.45) is 30.2. The van der Waals surface area contributed by atoms with Crippen molar-refractivity contribution in [2.45, 2.75) is 206 Å². The first-order chi connectivity index (χ1) is 25.1. The van der Waals surface area contributed by atoms with Gasteiger partial charge < -0.3 is 5.53 Å². The first-order valence-electron chi connectivity index (χ1n) is 21.6. The SMILES string of the molecule is CCCCCCCCC1=C(c2cccc(CCCC)c2)[N+](=[N-])C(c2ccc(CCCCCCCC)cc2)=C1CCCC.CCC[CH2][Ni][CH2]CCC. The summed E-state index contributed by atoms with van der Waals surface area (Å²) in [5, 5.41) is 2.78. The molecule has 0 unspecified atom stereocenters. The van der Waals surface area contributed by atoms with Crippen LogP contribution in [-0.4, -0.2) is 4.70 Å². The van der Waals surface area contributed by atoms with Crippen LogP contribution >= 0.6 is 0 Å². The summed E-state index contributed by atoms with van der Waals surface area (Å²) in [7, 11) is 0. The van der Waals surface area contributed by atoms with Crippen LogP contribution in [0.5, 0.6) is 0 Å². The number of nitrogens with zero attached hydrogens (tertiary/aromatic N) is 2. The molecule has 2 aromatic rings. The van der Waals surface area contributed by atoms with Gasteiger partial charge >= 0.3 is 64.8 Å². The van der Waals surface area contributed by atoms with E-state index >= 15 is 0 Å². The predicted octanol–water partition coefficient (Wildman–Crippen LogP) is 16.5. The molecule has 0 bridgehead atoms. The van der Waals surface area contributed by atoms with Crippen LogP contribution in [0, 0.1) is 0 Å². The topological polar surface area (TPSA) is 25.3 Å². The van der Waals surface area contributed by atoms with Crippen LogP contribution < -0.4 is 0 Å². The van der Waals surface area contributed by atoms with Gasteiger partial charge in [-0.1, -0.05) is 129 Å². The normalized spacial score (nSPS) is 13.0. The van der Waals surface area contributed by atoms with E-state index in [0.717, 1.165) is 61.0 Å². The molecule has 0 saturated heterocycles. The molecule has 51 heavy (non-hydrogen) atoms. The maximum absolute atomic E-state index is 12.0. The first kappa shape index (κ1) is 45.2. The van der Waals surface area contributed by atoms with Crippen molar-refractivity contribution >= 4 is 11.4 Å². The van der Waals surface area contributed by atoms with Gasteiger partial charge in [-0.25, -0.2) is 4.70 Å². The Morgan fingerprint density at radius 3 is 1.45 bits per heavy atom. The van der Waals surface area contributed by atoms with E-state index in [1.54, 1.807) is 4.70 Å². The zero-order chi connectivity index (χ0) is 36.9. The molecule has 0 spiro atoms. The third-order valence-corrected chi connectivity index (χ3v) is 11.5. The van der Waals surface area contributed by atoms with Gasteiger partial charge in [0, 0.05) is 22.3 Å². The number of hydrogen-bond acceptors (Lipinski definition) is 0. The number of benzene rings is 2. The number of unbranched alkanes of at least 4 members (excludes halogenated alkanes) is 14. The Labute approximate surface area is 323 Å². The van der Waals surface area contributed by atoms with Crippen LogP contribution in [0.15, 0.2) is 59.7 Å². The van der Waals surface area contributed by atoms with E-state index in [1.165, 1.54) is 149 Å². The van der Waals surface area contributed by atoms with Crippen molar-refractivity contribution in [1.82, 2.24) is 0 Å². The van der Waals surface area contributed by atoms with Gasteiger partial charge in [0.15, 0.2) is 0 Å².